The first-order chi connectivity index (χ1) is 63.2. The normalized spacial score (nSPS) is 15.7. The van der Waals surface area contributed by atoms with Crippen molar-refractivity contribution in [2.24, 2.45) is 11.8 Å². The maximum absolute atomic E-state index is 13.4. The summed E-state index contributed by atoms with van der Waals surface area (Å²) < 4.78 is 71.4. The van der Waals surface area contributed by atoms with E-state index in [2.05, 4.69) is 101 Å². The zero-order chi connectivity index (χ0) is 93.7. The van der Waals surface area contributed by atoms with Crippen LogP contribution in [0.3, 0.4) is 0 Å². The number of nitrogens with zero attached hydrogens (tertiary/aromatic N) is 20. The number of aryl methyl sites for hydroxylation is 2. The van der Waals surface area contributed by atoms with E-state index in [9.17, 15) is 31.2 Å². The number of aromatic amines is 3. The van der Waals surface area contributed by atoms with E-state index in [1.807, 2.05) is 118 Å². The second-order valence-electron chi connectivity index (χ2n) is 34.5. The maximum Gasteiger partial charge on any atom is 1.00 e. The second kappa shape index (κ2) is 40.3. The van der Waals surface area contributed by atoms with E-state index >= 15 is 0 Å². The number of ether oxygens (including phenoxy) is 3. The van der Waals surface area contributed by atoms with Gasteiger partial charge in [-0.1, -0.05) is 59.1 Å². The summed E-state index contributed by atoms with van der Waals surface area (Å²) in [5.74, 6) is 4.70. The molecule has 0 bridgehead atoms. The van der Waals surface area contributed by atoms with Crippen molar-refractivity contribution in [2.45, 2.75) is 140 Å². The number of H-pyrrole nitrogens is 3. The number of aliphatic hydroxyl groups is 1. The van der Waals surface area contributed by atoms with E-state index in [1.165, 1.54) is 46.3 Å². The number of pyridine rings is 5. The van der Waals surface area contributed by atoms with E-state index in [1.54, 1.807) is 127 Å². The molecular formula is C92H97ClN25NaO12S2. The van der Waals surface area contributed by atoms with Crippen LogP contribution < -0.4 is 40.7 Å². The molecule has 18 heterocycles. The van der Waals surface area contributed by atoms with Crippen molar-refractivity contribution in [1.82, 2.24) is 113 Å². The van der Waals surface area contributed by atoms with Crippen LogP contribution in [0.5, 0.6) is 0 Å². The van der Waals surface area contributed by atoms with Gasteiger partial charge in [-0.2, -0.15) is 0 Å². The van der Waals surface area contributed by atoms with Gasteiger partial charge in [0.25, 0.3) is 20.0 Å². The molecular weight excluding hydrogens is 1770 g/mol. The first-order valence-electron chi connectivity index (χ1n) is 42.2. The Morgan fingerprint density at radius 2 is 0.910 bits per heavy atom. The van der Waals surface area contributed by atoms with Crippen molar-refractivity contribution >= 4 is 171 Å². The summed E-state index contributed by atoms with van der Waals surface area (Å²) in [5, 5.41) is 26.4. The molecule has 4 aliphatic rings. The van der Waals surface area contributed by atoms with Crippen LogP contribution >= 0.6 is 11.6 Å². The summed E-state index contributed by atoms with van der Waals surface area (Å²) >= 11 is 6.16. The van der Waals surface area contributed by atoms with Crippen LogP contribution in [-0.4, -0.2) is 216 Å². The Morgan fingerprint density at radius 1 is 0.481 bits per heavy atom. The van der Waals surface area contributed by atoms with Crippen molar-refractivity contribution in [3.05, 3.63) is 229 Å². The van der Waals surface area contributed by atoms with Gasteiger partial charge in [0.15, 0.2) is 28.2 Å². The van der Waals surface area contributed by atoms with Crippen LogP contribution in [0.4, 0.5) is 9.59 Å². The van der Waals surface area contributed by atoms with Gasteiger partial charge in [-0.15, -0.1) is 0 Å². The summed E-state index contributed by atoms with van der Waals surface area (Å²) in [4.78, 5) is 115. The fourth-order valence-corrected chi connectivity index (χ4v) is 19.0. The number of hydrogen-bond donors (Lipinski definition) is 7. The Morgan fingerprint density at radius 3 is 1.39 bits per heavy atom. The molecule has 1 aliphatic carbocycles. The number of halogens is 1. The van der Waals surface area contributed by atoms with Gasteiger partial charge in [0.05, 0.1) is 123 Å². The molecule has 3 aliphatic heterocycles. The summed E-state index contributed by atoms with van der Waals surface area (Å²) in [7, 11) is -6.60. The molecule has 1 saturated heterocycles. The van der Waals surface area contributed by atoms with E-state index in [0.29, 0.717) is 81.7 Å². The van der Waals surface area contributed by atoms with Gasteiger partial charge in [0.1, 0.15) is 34.6 Å². The van der Waals surface area contributed by atoms with Gasteiger partial charge >= 0.3 is 47.7 Å². The van der Waals surface area contributed by atoms with E-state index in [-0.39, 0.29) is 74.0 Å². The predicted molar refractivity (Wildman–Crippen MR) is 501 cm³/mol. The number of benzene rings is 2. The van der Waals surface area contributed by atoms with Crippen molar-refractivity contribution in [3.8, 4) is 0 Å². The molecule has 2 aromatic carbocycles. The molecule has 21 rings (SSSR count). The Balaban J connectivity index is 0.000000133. The van der Waals surface area contributed by atoms with Crippen LogP contribution in [0.1, 0.15) is 134 Å². The van der Waals surface area contributed by atoms with Crippen molar-refractivity contribution in [2.75, 3.05) is 46.4 Å². The Kier molecular flexibility index (Phi) is 29.1. The molecule has 2 fully saturated rings. The van der Waals surface area contributed by atoms with E-state index in [0.717, 1.165) is 138 Å². The van der Waals surface area contributed by atoms with Gasteiger partial charge in [-0.05, 0) is 174 Å². The average molecular weight is 1870 g/mol. The van der Waals surface area contributed by atoms with Gasteiger partial charge < -0.3 is 66.0 Å². The largest absolute Gasteiger partial charge is 1.00 e. The van der Waals surface area contributed by atoms with Crippen molar-refractivity contribution < 1.29 is 85.3 Å². The Hall–Kier alpha value is -12.9. The molecule has 8 N–H and O–H groups in total. The first kappa shape index (κ1) is 96.1. The topological polar surface area (TPSA) is 497 Å². The number of aromatic nitrogens is 20. The maximum atomic E-state index is 13.4. The zero-order valence-electron chi connectivity index (χ0n) is 75.3. The van der Waals surface area contributed by atoms with Crippen molar-refractivity contribution in [1.29, 1.82) is 0 Å². The molecule has 15 aromatic heterocycles. The number of amides is 2. The van der Waals surface area contributed by atoms with Crippen LogP contribution in [0.2, 0.25) is 5.15 Å². The quantitative estimate of drug-likeness (QED) is 0.0176. The molecule has 0 spiro atoms. The van der Waals surface area contributed by atoms with Crippen LogP contribution in [-0.2, 0) is 39.1 Å². The molecule has 682 valence electrons. The zero-order valence-corrected chi connectivity index (χ0v) is 79.7. The number of carbonyl (C=O) groups excluding carboxylic acids is 3. The number of esters is 1. The molecule has 37 nitrogen and oxygen atoms in total. The fraction of sp³-hybridized carbons (Fsp3) is 0.304. The molecule has 17 aromatic rings. The number of hydrogen-bond acceptors (Lipinski definition) is 29. The fourth-order valence-electron chi connectivity index (χ4n) is 16.2. The molecule has 133 heavy (non-hydrogen) atoms. The minimum absolute atomic E-state index is 0. The van der Waals surface area contributed by atoms with Crippen LogP contribution in [0, 0.1) is 19.8 Å². The van der Waals surface area contributed by atoms with Gasteiger partial charge in [0.2, 0.25) is 0 Å². The molecule has 2 amide bonds. The summed E-state index contributed by atoms with van der Waals surface area (Å²) in [5.41, 5.74) is 14.8. The third-order valence-electron chi connectivity index (χ3n) is 22.1. The number of nitrogens with one attached hydrogen (secondary N) is 4. The molecule has 0 radical (unpaired) electrons. The summed E-state index contributed by atoms with van der Waals surface area (Å²) in [6.45, 7) is 24.4. The predicted octanol–water partition coefficient (Wildman–Crippen LogP) is 12.0. The third kappa shape index (κ3) is 21.0. The minimum Gasteiger partial charge on any atom is -0.488 e. The number of aliphatic hydroxyl groups excluding tert-OH is 1. The van der Waals surface area contributed by atoms with Crippen LogP contribution in [0.15, 0.2) is 194 Å². The van der Waals surface area contributed by atoms with Gasteiger partial charge in [0, 0.05) is 129 Å². The number of fused-ring (bicyclic) bond motifs is 15. The molecule has 1 saturated carbocycles. The monoisotopic (exact) mass is 1870 g/mol. The van der Waals surface area contributed by atoms with Gasteiger partial charge in [-0.3, -0.25) is 4.79 Å². The summed E-state index contributed by atoms with van der Waals surface area (Å²) in [6.07, 6.45) is 31.6. The van der Waals surface area contributed by atoms with E-state index in [4.69, 9.17) is 36.1 Å². The minimum atomic E-state index is -3.85. The van der Waals surface area contributed by atoms with Gasteiger partial charge in [-0.25, -0.2) is 109 Å². The smallest absolute Gasteiger partial charge is 0.488 e. The molecule has 3 atom stereocenters. The Labute approximate surface area is 790 Å². The Bertz CT molecular complexity index is 7470. The number of nitrogens with two attached hydrogens (primary N) is 1. The molecule has 41 heteroatoms. The number of rotatable bonds is 9. The molecule has 3 unspecified atom stereocenters. The number of carbonyl (C=O) groups is 3. The van der Waals surface area contributed by atoms with Crippen LogP contribution in [0.25, 0.3) is 126 Å². The standard InChI is InChI=1S/C25H25N5O4S.C19H22N4O2.C18H19N5O2.C16H11ClN4O2S.C13H13N5.CH4O.H3N2O.Na/c1-16-5-7-18(8-6-16)35(32,33)30-12-10-19-21-20(13-26-23(19)30)27-15-28-22(21)17-9-11-29(14-17)24(31)34-25(2,3)4;1-19(2,3)25-18(24)12-5-4-11(8-12)16-15-13-6-7-20-17(13)21-9-14(15)22-10-23-16;1-18(2,3)25-17(24)23-7-5-11(9-23)15-14-12-4-6-19-16(12)20-8-13(14)21-10-22-15;1-10-2-4-11(5-3-10)24(22,23)21-7-6-12-14-13(8-18-16(12)21)19-9-20-15(14)17;1-3-14-5-8(1)12-11-9-2-4-15-13(9)16-6-10(11)17-7-18-12;1-2;1-2-3;/h5-10,12-13,15H,11,14H2,1-4H3;6-7,9-12H,4-5,8H2,1-3H3,(H,22,23);4-6,8,10H,7,9H2,1-3H3,(H,21,22);2-9H,1H3;2,4,6-8,14H,1,3,5H2,(H,17,18);2H,1H3;3H,1H2;/q;;;;;;-1;+1. The van der Waals surface area contributed by atoms with Crippen molar-refractivity contribution in [3.63, 3.8) is 0 Å². The van der Waals surface area contributed by atoms with E-state index < -0.39 is 42.9 Å². The second-order valence-corrected chi connectivity index (χ2v) is 38.5. The average Bonchev–Trinajstić information content (AvgIpc) is 1.59. The third-order valence-corrected chi connectivity index (χ3v) is 25.7. The summed E-state index contributed by atoms with van der Waals surface area (Å²) in [6, 6.07) is 22.7. The SMILES string of the molecule is CC(C)(C)OC(=O)C1CCC(c2[nH]cnc3cnc4nccc4c23)C1.CC(C)(C)OC(=O)N1CC=C(c2nc[nH]c3cnc4nccc4c23)C1.CO.Cc1ccc(S(=O)(=O)n2ccc3c4c(C5=CCN(C(=O)OC(C)(C)C)C5)ncnc4cnc32)cc1.Cc1ccc(S(=O)(=O)n2ccc3c4c(Cl)ncnc4cnc32)cc1.N[N-]O.[Na+].c1cc2c(n1)ncc1nc[nH]c(C3CCNC3)c12. The first-order valence-corrected chi connectivity index (χ1v) is 45.5.